The Morgan fingerprint density at radius 3 is 2.65 bits per heavy atom. The summed E-state index contributed by atoms with van der Waals surface area (Å²) in [6.07, 6.45) is 5.15. The van der Waals surface area contributed by atoms with Gasteiger partial charge in [0.15, 0.2) is 11.6 Å². The van der Waals surface area contributed by atoms with Crippen LogP contribution in [-0.4, -0.2) is 39.3 Å². The summed E-state index contributed by atoms with van der Waals surface area (Å²) in [4.78, 5) is 30.3. The van der Waals surface area contributed by atoms with Crippen molar-refractivity contribution in [1.82, 2.24) is 9.55 Å². The van der Waals surface area contributed by atoms with E-state index in [2.05, 4.69) is 4.98 Å². The molecule has 136 valence electrons. The van der Waals surface area contributed by atoms with Crippen molar-refractivity contribution in [1.29, 1.82) is 0 Å². The molecular weight excluding hydrogens is 339 g/mol. The van der Waals surface area contributed by atoms with Crippen molar-refractivity contribution in [3.63, 3.8) is 0 Å². The number of nitrogens with two attached hydrogens (primary N) is 1. The Morgan fingerprint density at radius 2 is 2.08 bits per heavy atom. The molecule has 2 aromatic heterocycles. The van der Waals surface area contributed by atoms with Crippen molar-refractivity contribution < 1.29 is 14.3 Å². The molecule has 3 aliphatic rings. The van der Waals surface area contributed by atoms with Gasteiger partial charge in [0.2, 0.25) is 5.43 Å². The zero-order chi connectivity index (χ0) is 18.2. The summed E-state index contributed by atoms with van der Waals surface area (Å²) >= 11 is 0. The normalized spacial score (nSPS) is 27.5. The van der Waals surface area contributed by atoms with Crippen molar-refractivity contribution in [2.24, 2.45) is 11.7 Å². The first kappa shape index (κ1) is 15.7. The Bertz CT molecular complexity index is 1000. The number of carboxylic acid groups (broad SMARTS) is 1. The van der Waals surface area contributed by atoms with Crippen LogP contribution in [-0.2, 0) is 0 Å². The number of aromatic carboxylic acids is 1. The summed E-state index contributed by atoms with van der Waals surface area (Å²) < 4.78 is 16.6. The van der Waals surface area contributed by atoms with Crippen LogP contribution in [0, 0.1) is 11.7 Å². The lowest BCUT2D eigenvalue weighted by Crippen LogP contribution is -2.42. The Morgan fingerprint density at radius 1 is 1.31 bits per heavy atom. The average molecular weight is 358 g/mol. The van der Waals surface area contributed by atoms with Crippen molar-refractivity contribution in [2.45, 2.75) is 43.8 Å². The number of anilines is 1. The molecule has 7 nitrogen and oxygen atoms in total. The van der Waals surface area contributed by atoms with E-state index in [-0.39, 0.29) is 34.9 Å². The first-order valence-corrected chi connectivity index (χ1v) is 8.96. The van der Waals surface area contributed by atoms with Crippen LogP contribution >= 0.6 is 0 Å². The molecule has 3 fully saturated rings. The Labute approximate surface area is 148 Å². The van der Waals surface area contributed by atoms with Gasteiger partial charge in [-0.05, 0) is 37.7 Å². The summed E-state index contributed by atoms with van der Waals surface area (Å²) in [5, 5.41) is 9.32. The van der Waals surface area contributed by atoms with Crippen molar-refractivity contribution >= 4 is 22.8 Å². The van der Waals surface area contributed by atoms with Gasteiger partial charge in [-0.2, -0.15) is 0 Å². The zero-order valence-electron chi connectivity index (χ0n) is 14.1. The van der Waals surface area contributed by atoms with Gasteiger partial charge < -0.3 is 20.3 Å². The zero-order valence-corrected chi connectivity index (χ0v) is 14.1. The van der Waals surface area contributed by atoms with Crippen LogP contribution in [0.4, 0.5) is 10.2 Å². The summed E-state index contributed by atoms with van der Waals surface area (Å²) in [6, 6.07) is 1.46. The number of hydrogen-bond acceptors (Lipinski definition) is 5. The lowest BCUT2D eigenvalue weighted by molar-refractivity contribution is 0.0695. The Balaban J connectivity index is 1.72. The monoisotopic (exact) mass is 358 g/mol. The molecular formula is C18H19FN4O3. The van der Waals surface area contributed by atoms with Gasteiger partial charge in [-0.3, -0.25) is 4.79 Å². The van der Waals surface area contributed by atoms with Crippen LogP contribution in [0.15, 0.2) is 17.1 Å². The quantitative estimate of drug-likeness (QED) is 0.862. The molecule has 3 unspecified atom stereocenters. The molecule has 2 saturated carbocycles. The third-order valence-corrected chi connectivity index (χ3v) is 6.03. The van der Waals surface area contributed by atoms with Gasteiger partial charge in [0.05, 0.1) is 5.39 Å². The highest BCUT2D eigenvalue weighted by atomic mass is 19.1. The van der Waals surface area contributed by atoms with Gasteiger partial charge in [0.1, 0.15) is 11.2 Å². The number of carbonyl (C=O) groups is 1. The van der Waals surface area contributed by atoms with Gasteiger partial charge >= 0.3 is 5.97 Å². The molecule has 2 aromatic rings. The fraction of sp³-hybridized carbons (Fsp3) is 0.500. The van der Waals surface area contributed by atoms with Crippen LogP contribution in [0.25, 0.3) is 11.0 Å². The molecule has 3 heterocycles. The molecule has 5 rings (SSSR count). The number of carboxylic acids is 1. The fourth-order valence-electron chi connectivity index (χ4n) is 4.36. The minimum Gasteiger partial charge on any atom is -0.477 e. The summed E-state index contributed by atoms with van der Waals surface area (Å²) in [5.41, 5.74) is 5.48. The summed E-state index contributed by atoms with van der Waals surface area (Å²) in [7, 11) is 0. The van der Waals surface area contributed by atoms with Crippen LogP contribution in [0.1, 0.15) is 42.1 Å². The SMILES string of the molecule is NC1CN(c2nc3c(cc2F)c(=O)c(C(=O)O)cn3C2CC2)C2CCC12. The molecule has 3 atom stereocenters. The molecule has 1 aliphatic heterocycles. The molecule has 8 heteroatoms. The van der Waals surface area contributed by atoms with E-state index in [9.17, 15) is 19.1 Å². The predicted octanol–water partition coefficient (Wildman–Crippen LogP) is 1.49. The van der Waals surface area contributed by atoms with Crippen LogP contribution < -0.4 is 16.1 Å². The van der Waals surface area contributed by atoms with Gasteiger partial charge in [-0.15, -0.1) is 0 Å². The molecule has 0 radical (unpaired) electrons. The number of aromatic nitrogens is 2. The summed E-state index contributed by atoms with van der Waals surface area (Å²) in [6.45, 7) is 0.547. The lowest BCUT2D eigenvalue weighted by atomic mass is 9.78. The molecule has 0 aromatic carbocycles. The number of fused-ring (bicyclic) bond motifs is 2. The van der Waals surface area contributed by atoms with Crippen LogP contribution in [0.2, 0.25) is 0 Å². The minimum atomic E-state index is -1.31. The highest BCUT2D eigenvalue weighted by molar-refractivity contribution is 5.92. The van der Waals surface area contributed by atoms with E-state index in [1.165, 1.54) is 6.20 Å². The number of halogens is 1. The van der Waals surface area contributed by atoms with Crippen molar-refractivity contribution in [3.8, 4) is 0 Å². The van der Waals surface area contributed by atoms with E-state index in [0.29, 0.717) is 18.1 Å². The second-order valence-corrected chi connectivity index (χ2v) is 7.61. The van der Waals surface area contributed by atoms with Crippen LogP contribution in [0.3, 0.4) is 0 Å². The highest BCUT2D eigenvalue weighted by Gasteiger charge is 2.47. The maximum atomic E-state index is 14.8. The van der Waals surface area contributed by atoms with E-state index in [1.807, 2.05) is 4.90 Å². The molecule has 3 N–H and O–H groups in total. The standard InChI is InChI=1S/C18H19FN4O3/c19-12-5-10-15(24)11(18(25)26)6-22(8-1-2-8)16(10)21-17(12)23-7-13(20)9-3-4-14(9)23/h5-6,8-9,13-14H,1-4,7,20H2,(H,25,26). The van der Waals surface area contributed by atoms with Gasteiger partial charge in [0, 0.05) is 30.9 Å². The largest absolute Gasteiger partial charge is 0.477 e. The molecule has 0 amide bonds. The molecule has 26 heavy (non-hydrogen) atoms. The van der Waals surface area contributed by atoms with Crippen molar-refractivity contribution in [3.05, 3.63) is 33.9 Å². The third kappa shape index (κ3) is 2.11. The maximum Gasteiger partial charge on any atom is 0.341 e. The third-order valence-electron chi connectivity index (χ3n) is 6.03. The first-order chi connectivity index (χ1) is 12.5. The molecule has 1 saturated heterocycles. The van der Waals surface area contributed by atoms with E-state index in [0.717, 1.165) is 31.7 Å². The van der Waals surface area contributed by atoms with Crippen molar-refractivity contribution in [2.75, 3.05) is 11.4 Å². The minimum absolute atomic E-state index is 0.00524. The topological polar surface area (TPSA) is 101 Å². The predicted molar refractivity (Wildman–Crippen MR) is 93.0 cm³/mol. The van der Waals surface area contributed by atoms with E-state index in [1.54, 1.807) is 4.57 Å². The molecule has 2 aliphatic carbocycles. The number of pyridine rings is 2. The van der Waals surface area contributed by atoms with Gasteiger partial charge in [-0.25, -0.2) is 14.2 Å². The number of hydrogen-bond donors (Lipinski definition) is 2. The Hall–Kier alpha value is -2.48. The fourth-order valence-corrected chi connectivity index (χ4v) is 4.36. The molecule has 0 bridgehead atoms. The van der Waals surface area contributed by atoms with E-state index < -0.39 is 17.2 Å². The first-order valence-electron chi connectivity index (χ1n) is 8.96. The van der Waals surface area contributed by atoms with Crippen LogP contribution in [0.5, 0.6) is 0 Å². The maximum absolute atomic E-state index is 14.8. The average Bonchev–Trinajstić information content (AvgIpc) is 3.34. The van der Waals surface area contributed by atoms with Gasteiger partial charge in [0.25, 0.3) is 0 Å². The summed E-state index contributed by atoms with van der Waals surface area (Å²) in [5.74, 6) is -1.32. The smallest absolute Gasteiger partial charge is 0.341 e. The lowest BCUT2D eigenvalue weighted by Gasteiger charge is -2.37. The second-order valence-electron chi connectivity index (χ2n) is 7.61. The number of rotatable bonds is 3. The second kappa shape index (κ2) is 5.26. The van der Waals surface area contributed by atoms with E-state index in [4.69, 9.17) is 5.73 Å². The Kier molecular flexibility index (Phi) is 3.19. The highest BCUT2D eigenvalue weighted by Crippen LogP contribution is 2.43. The van der Waals surface area contributed by atoms with E-state index >= 15 is 0 Å². The molecule has 0 spiro atoms. The van der Waals surface area contributed by atoms with Gasteiger partial charge in [-0.1, -0.05) is 0 Å². The number of nitrogens with zero attached hydrogens (tertiary/aromatic N) is 3.